The molecule has 0 N–H and O–H groups in total. The van der Waals surface area contributed by atoms with Gasteiger partial charge in [-0.25, -0.2) is 0 Å². The number of alkyl halides is 1. The number of rotatable bonds is 4. The van der Waals surface area contributed by atoms with Crippen LogP contribution < -0.4 is 4.90 Å². The molecule has 0 amide bonds. The topological polar surface area (TPSA) is 9.72 Å². The van der Waals surface area contributed by atoms with E-state index in [-0.39, 0.29) is 5.38 Å². The van der Waals surface area contributed by atoms with Crippen LogP contribution in [0.4, 0.5) is 5.69 Å². The normalized spacial score (nSPS) is 19.4. The first-order valence-corrected chi connectivity index (χ1v) is 7.32. The Labute approximate surface area is 121 Å². The van der Waals surface area contributed by atoms with E-state index in [0.29, 0.717) is 0 Å². The molecule has 0 radical (unpaired) electrons. The largest absolute Gasteiger partial charge is 0.378 e. The highest BCUT2D eigenvalue weighted by molar-refractivity contribution is 6.21. The fourth-order valence-electron chi connectivity index (χ4n) is 2.34. The standard InChI is InChI=1S/C15H24ClN3/c1-17(2)14-6-4-13(5-7-14)15(16)12-19-10-8-18(3)9-11-19/h4-7,15H,8-12H2,1-3H3. The van der Waals surface area contributed by atoms with E-state index < -0.39 is 0 Å². The summed E-state index contributed by atoms with van der Waals surface area (Å²) >= 11 is 6.54. The van der Waals surface area contributed by atoms with E-state index in [1.54, 1.807) is 0 Å². The van der Waals surface area contributed by atoms with E-state index in [4.69, 9.17) is 11.6 Å². The Balaban J connectivity index is 1.90. The lowest BCUT2D eigenvalue weighted by Gasteiger charge is -2.33. The van der Waals surface area contributed by atoms with Crippen molar-refractivity contribution in [3.63, 3.8) is 0 Å². The van der Waals surface area contributed by atoms with Crippen molar-refractivity contribution in [1.29, 1.82) is 0 Å². The summed E-state index contributed by atoms with van der Waals surface area (Å²) in [6, 6.07) is 8.55. The first-order chi connectivity index (χ1) is 9.06. The van der Waals surface area contributed by atoms with Crippen molar-refractivity contribution in [3.05, 3.63) is 29.8 Å². The summed E-state index contributed by atoms with van der Waals surface area (Å²) < 4.78 is 0. The van der Waals surface area contributed by atoms with Gasteiger partial charge >= 0.3 is 0 Å². The van der Waals surface area contributed by atoms with Crippen molar-refractivity contribution in [2.24, 2.45) is 0 Å². The average Bonchev–Trinajstić information content (AvgIpc) is 2.41. The quantitative estimate of drug-likeness (QED) is 0.784. The molecule has 1 aliphatic heterocycles. The molecule has 0 saturated carbocycles. The molecular weight excluding hydrogens is 258 g/mol. The van der Waals surface area contributed by atoms with Crippen LogP contribution in [-0.4, -0.2) is 63.7 Å². The minimum Gasteiger partial charge on any atom is -0.378 e. The third kappa shape index (κ3) is 4.10. The number of piperazine rings is 1. The summed E-state index contributed by atoms with van der Waals surface area (Å²) in [6.45, 7) is 5.47. The van der Waals surface area contributed by atoms with Crippen LogP contribution in [-0.2, 0) is 0 Å². The van der Waals surface area contributed by atoms with Crippen LogP contribution in [0.1, 0.15) is 10.9 Å². The molecule has 3 nitrogen and oxygen atoms in total. The Kier molecular flexibility index (Phi) is 5.08. The van der Waals surface area contributed by atoms with Crippen LogP contribution in [0, 0.1) is 0 Å². The Morgan fingerprint density at radius 2 is 1.68 bits per heavy atom. The summed E-state index contributed by atoms with van der Waals surface area (Å²) in [5.41, 5.74) is 2.43. The van der Waals surface area contributed by atoms with Crippen LogP contribution in [0.5, 0.6) is 0 Å². The maximum Gasteiger partial charge on any atom is 0.0712 e. The molecule has 106 valence electrons. The highest BCUT2D eigenvalue weighted by Gasteiger charge is 2.18. The SMILES string of the molecule is CN1CCN(CC(Cl)c2ccc(N(C)C)cc2)CC1. The van der Waals surface area contributed by atoms with Gasteiger partial charge in [-0.2, -0.15) is 0 Å². The highest BCUT2D eigenvalue weighted by atomic mass is 35.5. The zero-order chi connectivity index (χ0) is 13.8. The molecule has 0 spiro atoms. The number of likely N-dealkylation sites (N-methyl/N-ethyl adjacent to an activating group) is 1. The molecule has 1 atom stereocenters. The van der Waals surface area contributed by atoms with Crippen molar-refractivity contribution in [2.75, 3.05) is 58.8 Å². The van der Waals surface area contributed by atoms with Crippen LogP contribution in [0.15, 0.2) is 24.3 Å². The Morgan fingerprint density at radius 1 is 1.11 bits per heavy atom. The van der Waals surface area contributed by atoms with Gasteiger partial charge < -0.3 is 9.80 Å². The number of hydrogen-bond acceptors (Lipinski definition) is 3. The molecule has 1 unspecified atom stereocenters. The molecule has 1 saturated heterocycles. The summed E-state index contributed by atoms with van der Waals surface area (Å²) in [5.74, 6) is 0. The molecule has 1 heterocycles. The second-order valence-corrected chi connectivity index (χ2v) is 6.08. The van der Waals surface area contributed by atoms with Gasteiger partial charge in [0.25, 0.3) is 0 Å². The summed E-state index contributed by atoms with van der Waals surface area (Å²) in [6.07, 6.45) is 0. The molecule has 4 heteroatoms. The Hall–Kier alpha value is -0.770. The van der Waals surface area contributed by atoms with Crippen molar-refractivity contribution >= 4 is 17.3 Å². The molecule has 1 aromatic rings. The number of benzene rings is 1. The van der Waals surface area contributed by atoms with E-state index >= 15 is 0 Å². The summed E-state index contributed by atoms with van der Waals surface area (Å²) in [4.78, 5) is 6.93. The molecule has 2 rings (SSSR count). The predicted octanol–water partition coefficient (Wildman–Crippen LogP) is 2.28. The molecular formula is C15H24ClN3. The molecule has 1 fully saturated rings. The first-order valence-electron chi connectivity index (χ1n) is 6.88. The van der Waals surface area contributed by atoms with Crippen LogP contribution in [0.25, 0.3) is 0 Å². The second kappa shape index (κ2) is 6.60. The van der Waals surface area contributed by atoms with Gasteiger partial charge in [-0.3, -0.25) is 4.90 Å². The summed E-state index contributed by atoms with van der Waals surface area (Å²) in [5, 5.41) is 0.0830. The lowest BCUT2D eigenvalue weighted by Crippen LogP contribution is -2.45. The zero-order valence-electron chi connectivity index (χ0n) is 12.1. The number of anilines is 1. The molecule has 1 aromatic carbocycles. The van der Waals surface area contributed by atoms with Gasteiger partial charge in [-0.15, -0.1) is 11.6 Å². The first kappa shape index (κ1) is 14.6. The maximum absolute atomic E-state index is 6.54. The fourth-order valence-corrected chi connectivity index (χ4v) is 2.68. The molecule has 1 aliphatic rings. The van der Waals surface area contributed by atoms with E-state index in [0.717, 1.165) is 32.7 Å². The van der Waals surface area contributed by atoms with Gasteiger partial charge in [0, 0.05) is 52.5 Å². The van der Waals surface area contributed by atoms with Gasteiger partial charge in [0.1, 0.15) is 0 Å². The lowest BCUT2D eigenvalue weighted by molar-refractivity contribution is 0.154. The monoisotopic (exact) mass is 281 g/mol. The Morgan fingerprint density at radius 3 is 2.21 bits per heavy atom. The van der Waals surface area contributed by atoms with Crippen molar-refractivity contribution < 1.29 is 0 Å². The minimum atomic E-state index is 0.0830. The van der Waals surface area contributed by atoms with E-state index in [1.807, 2.05) is 0 Å². The molecule has 19 heavy (non-hydrogen) atoms. The predicted molar refractivity (Wildman–Crippen MR) is 83.3 cm³/mol. The van der Waals surface area contributed by atoms with Gasteiger partial charge in [0.2, 0.25) is 0 Å². The van der Waals surface area contributed by atoms with Gasteiger partial charge in [0.05, 0.1) is 5.38 Å². The second-order valence-electron chi connectivity index (χ2n) is 5.56. The van der Waals surface area contributed by atoms with E-state index in [9.17, 15) is 0 Å². The minimum absolute atomic E-state index is 0.0830. The van der Waals surface area contributed by atoms with Crippen molar-refractivity contribution in [2.45, 2.75) is 5.38 Å². The highest BCUT2D eigenvalue weighted by Crippen LogP contribution is 2.24. The average molecular weight is 282 g/mol. The zero-order valence-corrected chi connectivity index (χ0v) is 12.9. The van der Waals surface area contributed by atoms with E-state index in [1.165, 1.54) is 11.3 Å². The smallest absolute Gasteiger partial charge is 0.0712 e. The van der Waals surface area contributed by atoms with Gasteiger partial charge in [0.15, 0.2) is 0 Å². The van der Waals surface area contributed by atoms with Crippen LogP contribution in [0.3, 0.4) is 0 Å². The lowest BCUT2D eigenvalue weighted by atomic mass is 10.1. The molecule has 0 bridgehead atoms. The maximum atomic E-state index is 6.54. The third-order valence-corrected chi connectivity index (χ3v) is 4.18. The molecule has 0 aliphatic carbocycles. The van der Waals surface area contributed by atoms with Crippen molar-refractivity contribution in [3.8, 4) is 0 Å². The number of halogens is 1. The number of hydrogen-bond donors (Lipinski definition) is 0. The van der Waals surface area contributed by atoms with Gasteiger partial charge in [-0.05, 0) is 24.7 Å². The van der Waals surface area contributed by atoms with E-state index in [2.05, 4.69) is 60.1 Å². The van der Waals surface area contributed by atoms with Crippen LogP contribution >= 0.6 is 11.6 Å². The fraction of sp³-hybridized carbons (Fsp3) is 0.600. The van der Waals surface area contributed by atoms with Gasteiger partial charge in [-0.1, -0.05) is 12.1 Å². The van der Waals surface area contributed by atoms with Crippen molar-refractivity contribution in [1.82, 2.24) is 9.80 Å². The number of nitrogens with zero attached hydrogens (tertiary/aromatic N) is 3. The van der Waals surface area contributed by atoms with Crippen LogP contribution in [0.2, 0.25) is 0 Å². The Bertz CT molecular complexity index is 383. The summed E-state index contributed by atoms with van der Waals surface area (Å²) in [7, 11) is 6.28. The third-order valence-electron chi connectivity index (χ3n) is 3.79. The molecule has 0 aromatic heterocycles.